The van der Waals surface area contributed by atoms with Gasteiger partial charge in [0.15, 0.2) is 0 Å². The Kier molecular flexibility index (Phi) is 3.44. The number of hydrogen-bond donors (Lipinski definition) is 2. The first kappa shape index (κ1) is 10.6. The normalized spacial score (nSPS) is 9.81. The Morgan fingerprint density at radius 3 is 1.94 bits per heavy atom. The molecule has 2 aromatic rings. The van der Waals surface area contributed by atoms with E-state index in [2.05, 4.69) is 54.0 Å². The molecule has 0 fully saturated rings. The molecular formula is C14H16N2. The van der Waals surface area contributed by atoms with Gasteiger partial charge in [-0.1, -0.05) is 18.2 Å². The summed E-state index contributed by atoms with van der Waals surface area (Å²) in [5, 5.41) is 6.62. The van der Waals surface area contributed by atoms with E-state index in [1.54, 1.807) is 0 Å². The van der Waals surface area contributed by atoms with E-state index in [1.165, 1.54) is 0 Å². The lowest BCUT2D eigenvalue weighted by Crippen LogP contribution is -1.96. The second-order valence-corrected chi connectivity index (χ2v) is 3.60. The van der Waals surface area contributed by atoms with Crippen LogP contribution in [0.4, 0.5) is 17.1 Å². The van der Waals surface area contributed by atoms with E-state index in [-0.39, 0.29) is 0 Å². The fraction of sp³-hybridized carbons (Fsp3) is 0.143. The highest BCUT2D eigenvalue weighted by Crippen LogP contribution is 2.18. The van der Waals surface area contributed by atoms with Crippen LogP contribution in [0.3, 0.4) is 0 Å². The highest BCUT2D eigenvalue weighted by molar-refractivity contribution is 5.62. The van der Waals surface area contributed by atoms with Crippen LogP contribution in [0.15, 0.2) is 54.6 Å². The van der Waals surface area contributed by atoms with Crippen molar-refractivity contribution in [2.75, 3.05) is 17.2 Å². The Labute approximate surface area is 96.3 Å². The van der Waals surface area contributed by atoms with Crippen LogP contribution >= 0.6 is 0 Å². The lowest BCUT2D eigenvalue weighted by Gasteiger charge is -2.07. The number of anilines is 3. The molecule has 0 saturated carbocycles. The van der Waals surface area contributed by atoms with Gasteiger partial charge in [-0.25, -0.2) is 0 Å². The van der Waals surface area contributed by atoms with Crippen molar-refractivity contribution in [1.82, 2.24) is 0 Å². The second-order valence-electron chi connectivity index (χ2n) is 3.60. The molecule has 82 valence electrons. The first-order valence-corrected chi connectivity index (χ1v) is 5.54. The summed E-state index contributed by atoms with van der Waals surface area (Å²) in [6.45, 7) is 3.04. The Bertz CT molecular complexity index is 420. The molecule has 2 nitrogen and oxygen atoms in total. The molecular weight excluding hydrogens is 196 g/mol. The van der Waals surface area contributed by atoms with Gasteiger partial charge < -0.3 is 10.6 Å². The highest BCUT2D eigenvalue weighted by atomic mass is 14.9. The van der Waals surface area contributed by atoms with Gasteiger partial charge in [0.05, 0.1) is 0 Å². The van der Waals surface area contributed by atoms with Crippen molar-refractivity contribution < 1.29 is 0 Å². The van der Waals surface area contributed by atoms with Crippen molar-refractivity contribution in [3.05, 3.63) is 54.6 Å². The third kappa shape index (κ3) is 2.76. The number of hydrogen-bond acceptors (Lipinski definition) is 2. The fourth-order valence-corrected chi connectivity index (χ4v) is 1.56. The topological polar surface area (TPSA) is 24.1 Å². The van der Waals surface area contributed by atoms with E-state index in [9.17, 15) is 0 Å². The van der Waals surface area contributed by atoms with E-state index in [1.807, 2.05) is 18.2 Å². The summed E-state index contributed by atoms with van der Waals surface area (Å²) in [5.41, 5.74) is 3.37. The van der Waals surface area contributed by atoms with Gasteiger partial charge in [-0.15, -0.1) is 0 Å². The van der Waals surface area contributed by atoms with Crippen molar-refractivity contribution in [2.24, 2.45) is 0 Å². The number of nitrogens with one attached hydrogen (secondary N) is 2. The third-order valence-corrected chi connectivity index (χ3v) is 2.33. The summed E-state index contributed by atoms with van der Waals surface area (Å²) in [4.78, 5) is 0. The Balaban J connectivity index is 2.05. The lowest BCUT2D eigenvalue weighted by atomic mass is 10.2. The molecule has 0 atom stereocenters. The van der Waals surface area contributed by atoms with Gasteiger partial charge in [-0.2, -0.15) is 0 Å². The molecule has 0 aliphatic heterocycles. The maximum Gasteiger partial charge on any atom is 0.0385 e. The first-order valence-electron chi connectivity index (χ1n) is 5.54. The van der Waals surface area contributed by atoms with Gasteiger partial charge in [0.1, 0.15) is 0 Å². The molecule has 0 aromatic heterocycles. The maximum absolute atomic E-state index is 3.35. The van der Waals surface area contributed by atoms with Crippen molar-refractivity contribution in [3.8, 4) is 0 Å². The van der Waals surface area contributed by atoms with Crippen molar-refractivity contribution >= 4 is 17.1 Å². The van der Waals surface area contributed by atoms with Crippen LogP contribution in [0.2, 0.25) is 0 Å². The van der Waals surface area contributed by atoms with Crippen LogP contribution in [-0.4, -0.2) is 6.54 Å². The molecule has 0 radical (unpaired) electrons. The van der Waals surface area contributed by atoms with Crippen LogP contribution in [0.5, 0.6) is 0 Å². The zero-order valence-corrected chi connectivity index (χ0v) is 9.40. The number of para-hydroxylation sites is 1. The average Bonchev–Trinajstić information content (AvgIpc) is 2.33. The Morgan fingerprint density at radius 2 is 1.31 bits per heavy atom. The van der Waals surface area contributed by atoms with Gasteiger partial charge >= 0.3 is 0 Å². The van der Waals surface area contributed by atoms with Crippen molar-refractivity contribution in [1.29, 1.82) is 0 Å². The smallest absolute Gasteiger partial charge is 0.0385 e. The van der Waals surface area contributed by atoms with Gasteiger partial charge in [0.25, 0.3) is 0 Å². The van der Waals surface area contributed by atoms with Gasteiger partial charge in [-0.3, -0.25) is 0 Å². The molecule has 2 aromatic carbocycles. The summed E-state index contributed by atoms with van der Waals surface area (Å²) in [7, 11) is 0. The monoisotopic (exact) mass is 212 g/mol. The maximum atomic E-state index is 3.35. The molecule has 0 bridgehead atoms. The molecule has 0 aliphatic carbocycles. The van der Waals surface area contributed by atoms with Crippen molar-refractivity contribution in [2.45, 2.75) is 6.92 Å². The molecule has 16 heavy (non-hydrogen) atoms. The quantitative estimate of drug-likeness (QED) is 0.804. The van der Waals surface area contributed by atoms with E-state index in [0.717, 1.165) is 23.6 Å². The van der Waals surface area contributed by atoms with Crippen LogP contribution in [0.1, 0.15) is 6.92 Å². The summed E-state index contributed by atoms with van der Waals surface area (Å²) >= 11 is 0. The van der Waals surface area contributed by atoms with Crippen molar-refractivity contribution in [3.63, 3.8) is 0 Å². The summed E-state index contributed by atoms with van der Waals surface area (Å²) in [5.74, 6) is 0. The number of rotatable bonds is 4. The minimum absolute atomic E-state index is 0.950. The Morgan fingerprint density at radius 1 is 0.750 bits per heavy atom. The molecule has 0 saturated heterocycles. The minimum Gasteiger partial charge on any atom is -0.385 e. The molecule has 0 spiro atoms. The molecule has 0 aliphatic rings. The van der Waals surface area contributed by atoms with E-state index in [0.29, 0.717) is 0 Å². The fourth-order valence-electron chi connectivity index (χ4n) is 1.56. The largest absolute Gasteiger partial charge is 0.385 e. The zero-order valence-electron chi connectivity index (χ0n) is 9.40. The zero-order chi connectivity index (χ0) is 11.2. The van der Waals surface area contributed by atoms with Gasteiger partial charge in [0.2, 0.25) is 0 Å². The summed E-state index contributed by atoms with van der Waals surface area (Å²) < 4.78 is 0. The van der Waals surface area contributed by atoms with Gasteiger partial charge in [-0.05, 0) is 43.3 Å². The lowest BCUT2D eigenvalue weighted by molar-refractivity contribution is 1.21. The molecule has 0 heterocycles. The SMILES string of the molecule is CCNc1ccc(Nc2ccccc2)cc1. The predicted molar refractivity (Wildman–Crippen MR) is 70.3 cm³/mol. The molecule has 2 heteroatoms. The Hall–Kier alpha value is -1.96. The van der Waals surface area contributed by atoms with Gasteiger partial charge in [0, 0.05) is 23.6 Å². The second kappa shape index (κ2) is 5.21. The molecule has 2 rings (SSSR count). The van der Waals surface area contributed by atoms with Crippen LogP contribution < -0.4 is 10.6 Å². The number of benzene rings is 2. The minimum atomic E-state index is 0.950. The molecule has 0 amide bonds. The third-order valence-electron chi connectivity index (χ3n) is 2.33. The van der Waals surface area contributed by atoms with Crippen LogP contribution in [-0.2, 0) is 0 Å². The average molecular weight is 212 g/mol. The van der Waals surface area contributed by atoms with E-state index >= 15 is 0 Å². The molecule has 0 unspecified atom stereocenters. The highest BCUT2D eigenvalue weighted by Gasteiger charge is 1.94. The summed E-state index contributed by atoms with van der Waals surface area (Å²) in [6.07, 6.45) is 0. The van der Waals surface area contributed by atoms with E-state index < -0.39 is 0 Å². The van der Waals surface area contributed by atoms with Crippen LogP contribution in [0.25, 0.3) is 0 Å². The standard InChI is InChI=1S/C14H16N2/c1-2-15-12-8-10-14(11-9-12)16-13-6-4-3-5-7-13/h3-11,15-16H,2H2,1H3. The van der Waals surface area contributed by atoms with E-state index in [4.69, 9.17) is 0 Å². The predicted octanol–water partition coefficient (Wildman–Crippen LogP) is 3.86. The molecule has 2 N–H and O–H groups in total. The van der Waals surface area contributed by atoms with Crippen LogP contribution in [0, 0.1) is 0 Å². The first-order chi connectivity index (χ1) is 7.88. The summed E-state index contributed by atoms with van der Waals surface area (Å²) in [6, 6.07) is 18.5.